The highest BCUT2D eigenvalue weighted by molar-refractivity contribution is 7.90. The summed E-state index contributed by atoms with van der Waals surface area (Å²) in [7, 11) is -4.05. The Morgan fingerprint density at radius 2 is 1.81 bits per heavy atom. The first kappa shape index (κ1) is 21.1. The fourth-order valence-corrected chi connectivity index (χ4v) is 4.32. The molecule has 0 atom stereocenters. The molecule has 6 nitrogen and oxygen atoms in total. The van der Waals surface area contributed by atoms with Crippen molar-refractivity contribution >= 4 is 33.3 Å². The number of nitrogens with zero attached hydrogens (tertiary/aromatic N) is 1. The van der Waals surface area contributed by atoms with Crippen LogP contribution in [0, 0.1) is 18.6 Å². The van der Waals surface area contributed by atoms with E-state index in [9.17, 15) is 17.2 Å². The normalized spacial score (nSPS) is 15.7. The monoisotopic (exact) mass is 463 g/mol. The van der Waals surface area contributed by atoms with Crippen molar-refractivity contribution in [3.63, 3.8) is 0 Å². The Kier molecular flexibility index (Phi) is 5.55. The van der Waals surface area contributed by atoms with Crippen molar-refractivity contribution in [3.05, 3.63) is 82.4 Å². The maximum absolute atomic E-state index is 14.6. The number of sulfonamides is 1. The van der Waals surface area contributed by atoms with Crippen LogP contribution in [0.2, 0.25) is 5.02 Å². The third-order valence-electron chi connectivity index (χ3n) is 4.67. The van der Waals surface area contributed by atoms with Gasteiger partial charge in [-0.1, -0.05) is 35.9 Å². The number of fused-ring (bicyclic) bond motifs is 1. The number of halogens is 3. The Hall–Kier alpha value is -3.17. The van der Waals surface area contributed by atoms with Crippen LogP contribution in [0.25, 0.3) is 0 Å². The fraction of sp³-hybridized carbons (Fsp3) is 0.0952. The van der Waals surface area contributed by atoms with Crippen molar-refractivity contribution in [2.75, 3.05) is 5.32 Å². The molecule has 1 aliphatic rings. The Morgan fingerprint density at radius 3 is 2.58 bits per heavy atom. The third kappa shape index (κ3) is 4.19. The lowest BCUT2D eigenvalue weighted by molar-refractivity contribution is 0.443. The number of para-hydroxylation sites is 1. The van der Waals surface area contributed by atoms with Gasteiger partial charge in [0.25, 0.3) is 10.0 Å². The second-order valence-electron chi connectivity index (χ2n) is 6.70. The average molecular weight is 464 g/mol. The van der Waals surface area contributed by atoms with E-state index in [1.54, 1.807) is 31.2 Å². The second-order valence-corrected chi connectivity index (χ2v) is 8.76. The van der Waals surface area contributed by atoms with Gasteiger partial charge in [0.2, 0.25) is 5.96 Å². The van der Waals surface area contributed by atoms with Crippen molar-refractivity contribution in [1.82, 2.24) is 4.72 Å². The molecule has 4 rings (SSSR count). The number of rotatable bonds is 4. The summed E-state index contributed by atoms with van der Waals surface area (Å²) in [5.41, 5.74) is 0.860. The van der Waals surface area contributed by atoms with Crippen molar-refractivity contribution in [2.24, 2.45) is 4.99 Å². The summed E-state index contributed by atoms with van der Waals surface area (Å²) in [4.78, 5) is 3.98. The smallest absolute Gasteiger partial charge is 0.266 e. The second kappa shape index (κ2) is 8.16. The van der Waals surface area contributed by atoms with Crippen LogP contribution in [0.1, 0.15) is 11.1 Å². The SMILES string of the molecule is Cc1c(F)cccc1CN=C1Nc2c(ccc(F)c2Oc2ccccc2Cl)S(=O)(=O)N1. The van der Waals surface area contributed by atoms with E-state index in [2.05, 4.69) is 15.0 Å². The summed E-state index contributed by atoms with van der Waals surface area (Å²) >= 11 is 6.09. The average Bonchev–Trinajstić information content (AvgIpc) is 2.72. The molecule has 3 aromatic rings. The van der Waals surface area contributed by atoms with Crippen LogP contribution in [0.3, 0.4) is 0 Å². The van der Waals surface area contributed by atoms with Crippen LogP contribution in [0.5, 0.6) is 11.5 Å². The Labute approximate surface area is 182 Å². The molecule has 0 saturated heterocycles. The quantitative estimate of drug-likeness (QED) is 0.572. The molecule has 0 unspecified atom stereocenters. The van der Waals surface area contributed by atoms with Crippen LogP contribution >= 0.6 is 11.6 Å². The zero-order valence-electron chi connectivity index (χ0n) is 16.1. The number of benzene rings is 3. The molecule has 160 valence electrons. The highest BCUT2D eigenvalue weighted by Crippen LogP contribution is 2.40. The van der Waals surface area contributed by atoms with E-state index < -0.39 is 21.7 Å². The lowest BCUT2D eigenvalue weighted by Gasteiger charge is -2.24. The molecule has 1 heterocycles. The van der Waals surface area contributed by atoms with E-state index >= 15 is 0 Å². The molecule has 0 fully saturated rings. The Balaban J connectivity index is 1.73. The number of hydrogen-bond acceptors (Lipinski definition) is 4. The van der Waals surface area contributed by atoms with E-state index in [0.29, 0.717) is 11.1 Å². The number of nitrogens with one attached hydrogen (secondary N) is 2. The van der Waals surface area contributed by atoms with Crippen LogP contribution in [0.15, 0.2) is 64.5 Å². The summed E-state index contributed by atoms with van der Waals surface area (Å²) in [6, 6.07) is 13.1. The largest absolute Gasteiger partial charge is 0.450 e. The van der Waals surface area contributed by atoms with E-state index in [0.717, 1.165) is 12.1 Å². The van der Waals surface area contributed by atoms with Gasteiger partial charge in [-0.05, 0) is 48.4 Å². The van der Waals surface area contributed by atoms with Gasteiger partial charge in [0.1, 0.15) is 22.1 Å². The Morgan fingerprint density at radius 1 is 1.03 bits per heavy atom. The van der Waals surface area contributed by atoms with Gasteiger partial charge in [0.15, 0.2) is 11.6 Å². The van der Waals surface area contributed by atoms with E-state index in [1.165, 1.54) is 18.2 Å². The lowest BCUT2D eigenvalue weighted by atomic mass is 10.1. The number of guanidine groups is 1. The summed E-state index contributed by atoms with van der Waals surface area (Å²) in [6.45, 7) is 1.60. The highest BCUT2D eigenvalue weighted by atomic mass is 35.5. The maximum Gasteiger partial charge on any atom is 0.266 e. The molecule has 10 heteroatoms. The zero-order valence-corrected chi connectivity index (χ0v) is 17.7. The predicted octanol–water partition coefficient (Wildman–Crippen LogP) is 4.98. The molecular weight excluding hydrogens is 448 g/mol. The van der Waals surface area contributed by atoms with Crippen LogP contribution in [-0.2, 0) is 16.6 Å². The fourth-order valence-electron chi connectivity index (χ4n) is 3.00. The van der Waals surface area contributed by atoms with Gasteiger partial charge in [-0.25, -0.2) is 26.9 Å². The summed E-state index contributed by atoms with van der Waals surface area (Å²) in [5, 5.41) is 2.99. The number of anilines is 1. The summed E-state index contributed by atoms with van der Waals surface area (Å²) in [6.07, 6.45) is 0. The minimum atomic E-state index is -4.05. The zero-order chi connectivity index (χ0) is 22.2. The molecule has 31 heavy (non-hydrogen) atoms. The molecule has 0 aromatic heterocycles. The van der Waals surface area contributed by atoms with Gasteiger partial charge < -0.3 is 10.1 Å². The molecular formula is C21H16ClF2N3O3S. The topological polar surface area (TPSA) is 79.8 Å². The molecule has 0 saturated carbocycles. The van der Waals surface area contributed by atoms with Gasteiger partial charge >= 0.3 is 0 Å². The summed E-state index contributed by atoms with van der Waals surface area (Å²) in [5.74, 6) is -1.51. The van der Waals surface area contributed by atoms with Crippen LogP contribution in [-0.4, -0.2) is 14.4 Å². The van der Waals surface area contributed by atoms with Crippen molar-refractivity contribution in [1.29, 1.82) is 0 Å². The minimum Gasteiger partial charge on any atom is -0.450 e. The minimum absolute atomic E-state index is 0.000199. The standard InChI is InChI=1S/C21H16ClF2N3O3S/c1-12-13(5-4-7-15(12)23)11-25-21-26-19-18(31(28,29)27-21)10-9-16(24)20(19)30-17-8-3-2-6-14(17)22/h2-10H,11H2,1H3,(H2,25,26,27). The molecule has 1 aliphatic heterocycles. The first-order valence-corrected chi connectivity index (χ1v) is 11.0. The van der Waals surface area contributed by atoms with E-state index in [4.69, 9.17) is 16.3 Å². The predicted molar refractivity (Wildman–Crippen MR) is 114 cm³/mol. The first-order chi connectivity index (χ1) is 14.8. The highest BCUT2D eigenvalue weighted by Gasteiger charge is 2.31. The molecule has 0 spiro atoms. The Bertz CT molecular complexity index is 1310. The van der Waals surface area contributed by atoms with Gasteiger partial charge in [-0.15, -0.1) is 0 Å². The van der Waals surface area contributed by atoms with Crippen molar-refractivity contribution in [2.45, 2.75) is 18.4 Å². The molecule has 3 aromatic carbocycles. The number of ether oxygens (including phenoxy) is 1. The number of hydrogen-bond donors (Lipinski definition) is 2. The van der Waals surface area contributed by atoms with Crippen LogP contribution < -0.4 is 14.8 Å². The molecule has 0 amide bonds. The van der Waals surface area contributed by atoms with Crippen molar-refractivity contribution in [3.8, 4) is 11.5 Å². The van der Waals surface area contributed by atoms with Gasteiger partial charge in [-0.2, -0.15) is 0 Å². The number of aliphatic imine (C=N–C) groups is 1. The third-order valence-corrected chi connectivity index (χ3v) is 6.36. The molecule has 0 bridgehead atoms. The maximum atomic E-state index is 14.6. The van der Waals surface area contributed by atoms with Crippen LogP contribution in [0.4, 0.5) is 14.5 Å². The van der Waals surface area contributed by atoms with Gasteiger partial charge in [0, 0.05) is 0 Å². The molecule has 0 radical (unpaired) electrons. The summed E-state index contributed by atoms with van der Waals surface area (Å²) < 4.78 is 61.7. The lowest BCUT2D eigenvalue weighted by Crippen LogP contribution is -2.41. The van der Waals surface area contributed by atoms with Gasteiger partial charge in [-0.3, -0.25) is 0 Å². The first-order valence-electron chi connectivity index (χ1n) is 9.09. The molecule has 2 N–H and O–H groups in total. The van der Waals surface area contributed by atoms with Gasteiger partial charge in [0.05, 0.1) is 11.6 Å². The molecule has 0 aliphatic carbocycles. The van der Waals surface area contributed by atoms with E-state index in [-0.39, 0.29) is 39.6 Å². The van der Waals surface area contributed by atoms with E-state index in [1.807, 2.05) is 0 Å². The van der Waals surface area contributed by atoms with Crippen molar-refractivity contribution < 1.29 is 21.9 Å².